The average Bonchev–Trinajstić information content (AvgIpc) is 3.38. The molecule has 1 atom stereocenters. The third kappa shape index (κ3) is 3.82. The number of likely N-dealkylation sites (tertiary alicyclic amines) is 1. The molecule has 4 heterocycles. The van der Waals surface area contributed by atoms with Crippen LogP contribution in [0.25, 0.3) is 16.2 Å². The molecule has 0 aliphatic carbocycles. The van der Waals surface area contributed by atoms with Crippen molar-refractivity contribution in [3.8, 4) is 10.6 Å². The van der Waals surface area contributed by atoms with E-state index in [1.54, 1.807) is 11.0 Å². The molecule has 1 unspecified atom stereocenters. The summed E-state index contributed by atoms with van der Waals surface area (Å²) in [4.78, 5) is 20.9. The van der Waals surface area contributed by atoms with Crippen LogP contribution in [0, 0.1) is 0 Å². The monoisotopic (exact) mass is 436 g/mol. The number of amides is 1. The first-order chi connectivity index (χ1) is 14.3. The molecule has 160 valence electrons. The van der Waals surface area contributed by atoms with Crippen LogP contribution in [0.15, 0.2) is 24.3 Å². The summed E-state index contributed by atoms with van der Waals surface area (Å²) < 4.78 is 42.1. The molecule has 5 nitrogen and oxygen atoms in total. The minimum atomic E-state index is -4.62. The first-order valence-electron chi connectivity index (χ1n) is 10.2. The molecule has 0 radical (unpaired) electrons. The smallest absolute Gasteiger partial charge is 0.334 e. The largest absolute Gasteiger partial charge is 0.433 e. The first-order valence-corrected chi connectivity index (χ1v) is 11.0. The van der Waals surface area contributed by atoms with Crippen molar-refractivity contribution in [1.82, 2.24) is 19.5 Å². The summed E-state index contributed by atoms with van der Waals surface area (Å²) in [7, 11) is 0. The van der Waals surface area contributed by atoms with E-state index in [4.69, 9.17) is 0 Å². The summed E-state index contributed by atoms with van der Waals surface area (Å²) in [5.74, 6) is -0.328. The van der Waals surface area contributed by atoms with Crippen molar-refractivity contribution in [2.75, 3.05) is 6.54 Å². The molecule has 0 saturated carbocycles. The zero-order valence-electron chi connectivity index (χ0n) is 16.9. The van der Waals surface area contributed by atoms with E-state index in [1.165, 1.54) is 17.4 Å². The van der Waals surface area contributed by atoms with E-state index in [2.05, 4.69) is 10.1 Å². The third-order valence-electron chi connectivity index (χ3n) is 5.56. The SMILES string of the molecule is CCc1ccc(-c2cc(C(F)(F)F)n3nc(C(=O)N4CCCCC4CC)cc3n2)s1. The Balaban J connectivity index is 1.79. The molecule has 9 heteroatoms. The maximum absolute atomic E-state index is 13.8. The highest BCUT2D eigenvalue weighted by Crippen LogP contribution is 2.34. The zero-order chi connectivity index (χ0) is 21.5. The molecular weight excluding hydrogens is 413 g/mol. The molecule has 4 rings (SSSR count). The van der Waals surface area contributed by atoms with Gasteiger partial charge in [-0.05, 0) is 50.3 Å². The Morgan fingerprint density at radius 3 is 2.70 bits per heavy atom. The van der Waals surface area contributed by atoms with Gasteiger partial charge in [-0.25, -0.2) is 9.50 Å². The van der Waals surface area contributed by atoms with Gasteiger partial charge in [0.05, 0.1) is 10.6 Å². The lowest BCUT2D eigenvalue weighted by molar-refractivity contribution is -0.142. The summed E-state index contributed by atoms with van der Waals surface area (Å²) in [5.41, 5.74) is -0.660. The second-order valence-corrected chi connectivity index (χ2v) is 8.67. The summed E-state index contributed by atoms with van der Waals surface area (Å²) >= 11 is 1.42. The Labute approximate surface area is 176 Å². The van der Waals surface area contributed by atoms with E-state index >= 15 is 0 Å². The van der Waals surface area contributed by atoms with Crippen LogP contribution in [-0.2, 0) is 12.6 Å². The number of aryl methyl sites for hydroxylation is 1. The van der Waals surface area contributed by atoms with Crippen LogP contribution in [0.1, 0.15) is 60.6 Å². The van der Waals surface area contributed by atoms with Gasteiger partial charge in [-0.3, -0.25) is 4.79 Å². The van der Waals surface area contributed by atoms with Crippen LogP contribution >= 0.6 is 11.3 Å². The van der Waals surface area contributed by atoms with Crippen LogP contribution in [0.3, 0.4) is 0 Å². The van der Waals surface area contributed by atoms with Crippen molar-refractivity contribution < 1.29 is 18.0 Å². The van der Waals surface area contributed by atoms with E-state index in [9.17, 15) is 18.0 Å². The van der Waals surface area contributed by atoms with Gasteiger partial charge >= 0.3 is 6.18 Å². The number of hydrogen-bond acceptors (Lipinski definition) is 4. The standard InChI is InChI=1S/C21H23F3N4OS/c1-3-13-7-5-6-10-27(13)20(29)16-12-19-25-15(17-9-8-14(4-2)30-17)11-18(21(22,23)24)28(19)26-16/h8-9,11-13H,3-7,10H2,1-2H3. The summed E-state index contributed by atoms with van der Waals surface area (Å²) in [6.45, 7) is 4.61. The lowest BCUT2D eigenvalue weighted by Crippen LogP contribution is -2.43. The fourth-order valence-electron chi connectivity index (χ4n) is 3.95. The molecule has 1 aliphatic rings. The van der Waals surface area contributed by atoms with E-state index in [1.807, 2.05) is 19.9 Å². The molecule has 3 aromatic heterocycles. The molecule has 1 amide bonds. The van der Waals surface area contributed by atoms with Crippen molar-refractivity contribution in [2.45, 2.75) is 58.2 Å². The van der Waals surface area contributed by atoms with Gasteiger partial charge in [-0.1, -0.05) is 13.8 Å². The van der Waals surface area contributed by atoms with E-state index in [0.29, 0.717) is 11.4 Å². The first kappa shape index (κ1) is 20.8. The summed E-state index contributed by atoms with van der Waals surface area (Å²) in [6.07, 6.45) is -0.151. The highest BCUT2D eigenvalue weighted by molar-refractivity contribution is 7.15. The lowest BCUT2D eigenvalue weighted by atomic mass is 9.99. The Hall–Kier alpha value is -2.42. The Bertz CT molecular complexity index is 1070. The van der Waals surface area contributed by atoms with Crippen LogP contribution < -0.4 is 0 Å². The van der Waals surface area contributed by atoms with Crippen LogP contribution in [-0.4, -0.2) is 38.0 Å². The Morgan fingerprint density at radius 1 is 1.23 bits per heavy atom. The number of hydrogen-bond donors (Lipinski definition) is 0. The quantitative estimate of drug-likeness (QED) is 0.547. The number of carbonyl (C=O) groups excluding carboxylic acids is 1. The van der Waals surface area contributed by atoms with Crippen molar-refractivity contribution in [1.29, 1.82) is 0 Å². The molecule has 30 heavy (non-hydrogen) atoms. The molecule has 1 fully saturated rings. The van der Waals surface area contributed by atoms with E-state index < -0.39 is 11.9 Å². The van der Waals surface area contributed by atoms with Crippen molar-refractivity contribution in [3.05, 3.63) is 40.5 Å². The molecular formula is C21H23F3N4OS. The summed E-state index contributed by atoms with van der Waals surface area (Å²) in [5, 5.41) is 4.03. The maximum Gasteiger partial charge on any atom is 0.433 e. The average molecular weight is 437 g/mol. The number of alkyl halides is 3. The molecule has 3 aromatic rings. The van der Waals surface area contributed by atoms with Crippen LogP contribution in [0.5, 0.6) is 0 Å². The minimum Gasteiger partial charge on any atom is -0.334 e. The number of fused-ring (bicyclic) bond motifs is 1. The van der Waals surface area contributed by atoms with Crippen LogP contribution in [0.2, 0.25) is 0 Å². The highest BCUT2D eigenvalue weighted by Gasteiger charge is 2.36. The predicted octanol–water partition coefficient (Wildman–Crippen LogP) is 5.44. The van der Waals surface area contributed by atoms with Gasteiger partial charge in [-0.2, -0.15) is 18.3 Å². The molecule has 0 spiro atoms. The van der Waals surface area contributed by atoms with E-state index in [0.717, 1.165) is 47.6 Å². The van der Waals surface area contributed by atoms with Gasteiger partial charge in [0.1, 0.15) is 0 Å². The normalized spacial score (nSPS) is 17.6. The minimum absolute atomic E-state index is 0.00549. The number of thiophene rings is 1. The lowest BCUT2D eigenvalue weighted by Gasteiger charge is -2.34. The number of aromatic nitrogens is 3. The number of rotatable bonds is 4. The second kappa shape index (κ2) is 8.02. The maximum atomic E-state index is 13.8. The molecule has 0 N–H and O–H groups in total. The van der Waals surface area contributed by atoms with Crippen LogP contribution in [0.4, 0.5) is 13.2 Å². The molecule has 1 saturated heterocycles. The van der Waals surface area contributed by atoms with Gasteiger partial charge < -0.3 is 4.90 Å². The zero-order valence-corrected chi connectivity index (χ0v) is 17.7. The number of piperidine rings is 1. The Morgan fingerprint density at radius 2 is 2.03 bits per heavy atom. The number of halogens is 3. The fraction of sp³-hybridized carbons (Fsp3) is 0.476. The van der Waals surface area contributed by atoms with Gasteiger partial charge in [0.15, 0.2) is 17.0 Å². The molecule has 0 aromatic carbocycles. The molecule has 1 aliphatic heterocycles. The second-order valence-electron chi connectivity index (χ2n) is 7.50. The van der Waals surface area contributed by atoms with Crippen molar-refractivity contribution in [3.63, 3.8) is 0 Å². The van der Waals surface area contributed by atoms with Gasteiger partial charge in [-0.15, -0.1) is 11.3 Å². The number of nitrogens with zero attached hydrogens (tertiary/aromatic N) is 4. The van der Waals surface area contributed by atoms with E-state index in [-0.39, 0.29) is 29.0 Å². The molecule has 0 bridgehead atoms. The van der Waals surface area contributed by atoms with Gasteiger partial charge in [0.2, 0.25) is 0 Å². The predicted molar refractivity (Wildman–Crippen MR) is 110 cm³/mol. The van der Waals surface area contributed by atoms with Crippen molar-refractivity contribution in [2.24, 2.45) is 0 Å². The third-order valence-corrected chi connectivity index (χ3v) is 6.81. The topological polar surface area (TPSA) is 50.5 Å². The summed E-state index contributed by atoms with van der Waals surface area (Å²) in [6, 6.07) is 6.16. The van der Waals surface area contributed by atoms with Crippen molar-refractivity contribution >= 4 is 22.9 Å². The van der Waals surface area contributed by atoms with Gasteiger partial charge in [0.25, 0.3) is 5.91 Å². The van der Waals surface area contributed by atoms with Gasteiger partial charge in [0, 0.05) is 23.5 Å². The Kier molecular flexibility index (Phi) is 5.57. The highest BCUT2D eigenvalue weighted by atomic mass is 32.1. The fourth-order valence-corrected chi connectivity index (χ4v) is 4.86. The number of carbonyl (C=O) groups is 1.